The third-order valence-corrected chi connectivity index (χ3v) is 5.95. The predicted octanol–water partition coefficient (Wildman–Crippen LogP) is 2.62. The molecule has 21 heavy (non-hydrogen) atoms. The molecule has 5 heteroatoms. The molecule has 2 rings (SSSR count). The van der Waals surface area contributed by atoms with Gasteiger partial charge in [-0.2, -0.15) is 0 Å². The molecule has 118 valence electrons. The van der Waals surface area contributed by atoms with Crippen LogP contribution in [0.25, 0.3) is 0 Å². The number of hydrogen-bond donors (Lipinski definition) is 0. The second kappa shape index (κ2) is 7.38. The molecule has 1 aromatic carbocycles. The highest BCUT2D eigenvalue weighted by molar-refractivity contribution is 7.89. The molecule has 2 atom stereocenters. The van der Waals surface area contributed by atoms with Crippen LogP contribution in [0.2, 0.25) is 0 Å². The van der Waals surface area contributed by atoms with Crippen molar-refractivity contribution in [1.82, 2.24) is 4.31 Å². The number of nitrogens with zero attached hydrogens (tertiary/aromatic N) is 1. The largest absolute Gasteiger partial charge is 0.378 e. The SMILES string of the molecule is C[C@H](CN(C)S(=O)(=O)CC[C@@H]1CCCO1)c1ccccc1. The molecule has 0 amide bonds. The standard InChI is InChI=1S/C16H25NO3S/c1-14(15-7-4-3-5-8-15)13-17(2)21(18,19)12-10-16-9-6-11-20-16/h3-5,7-8,14,16H,6,9-13H2,1-2H3/t14-,16+/m1/s1. The lowest BCUT2D eigenvalue weighted by atomic mass is 10.0. The number of benzene rings is 1. The molecule has 0 spiro atoms. The first kappa shape index (κ1) is 16.5. The number of rotatable bonds is 7. The Morgan fingerprint density at radius 1 is 1.33 bits per heavy atom. The van der Waals surface area contributed by atoms with Crippen LogP contribution in [0.3, 0.4) is 0 Å². The molecule has 1 fully saturated rings. The maximum absolute atomic E-state index is 12.3. The van der Waals surface area contributed by atoms with Gasteiger partial charge >= 0.3 is 0 Å². The van der Waals surface area contributed by atoms with Gasteiger partial charge in [-0.1, -0.05) is 37.3 Å². The molecular weight excluding hydrogens is 286 g/mol. The van der Waals surface area contributed by atoms with Crippen LogP contribution in [0, 0.1) is 0 Å². The van der Waals surface area contributed by atoms with Gasteiger partial charge in [-0.3, -0.25) is 0 Å². The van der Waals surface area contributed by atoms with Crippen molar-refractivity contribution in [2.45, 2.75) is 38.2 Å². The molecule has 1 aliphatic heterocycles. The van der Waals surface area contributed by atoms with E-state index in [9.17, 15) is 8.42 Å². The van der Waals surface area contributed by atoms with E-state index in [1.807, 2.05) is 30.3 Å². The molecule has 0 aromatic heterocycles. The summed E-state index contributed by atoms with van der Waals surface area (Å²) in [6.45, 7) is 3.34. The van der Waals surface area contributed by atoms with Gasteiger partial charge in [0.2, 0.25) is 10.0 Å². The van der Waals surface area contributed by atoms with Gasteiger partial charge in [-0.25, -0.2) is 12.7 Å². The van der Waals surface area contributed by atoms with E-state index in [4.69, 9.17) is 4.74 Å². The van der Waals surface area contributed by atoms with Crippen LogP contribution in [-0.2, 0) is 14.8 Å². The summed E-state index contributed by atoms with van der Waals surface area (Å²) in [6.07, 6.45) is 2.76. The first-order valence-electron chi connectivity index (χ1n) is 7.59. The fraction of sp³-hybridized carbons (Fsp3) is 0.625. The van der Waals surface area contributed by atoms with Crippen molar-refractivity contribution in [3.63, 3.8) is 0 Å². The van der Waals surface area contributed by atoms with Crippen molar-refractivity contribution in [2.75, 3.05) is 26.0 Å². The zero-order valence-corrected chi connectivity index (χ0v) is 13.7. The molecule has 1 aromatic rings. The van der Waals surface area contributed by atoms with Crippen LogP contribution >= 0.6 is 0 Å². The van der Waals surface area contributed by atoms with E-state index < -0.39 is 10.0 Å². The Hall–Kier alpha value is -0.910. The average molecular weight is 311 g/mol. The summed E-state index contributed by atoms with van der Waals surface area (Å²) in [4.78, 5) is 0. The van der Waals surface area contributed by atoms with Crippen molar-refractivity contribution < 1.29 is 13.2 Å². The minimum Gasteiger partial charge on any atom is -0.378 e. The van der Waals surface area contributed by atoms with Gasteiger partial charge in [0.05, 0.1) is 11.9 Å². The Balaban J connectivity index is 1.87. The summed E-state index contributed by atoms with van der Waals surface area (Å²) < 4.78 is 31.6. The third kappa shape index (κ3) is 4.80. The summed E-state index contributed by atoms with van der Waals surface area (Å²) >= 11 is 0. The average Bonchev–Trinajstić information content (AvgIpc) is 2.99. The summed E-state index contributed by atoms with van der Waals surface area (Å²) in [5.41, 5.74) is 1.17. The summed E-state index contributed by atoms with van der Waals surface area (Å²) in [5.74, 6) is 0.365. The van der Waals surface area contributed by atoms with Crippen molar-refractivity contribution in [3.05, 3.63) is 35.9 Å². The highest BCUT2D eigenvalue weighted by Gasteiger charge is 2.24. The van der Waals surface area contributed by atoms with Crippen LogP contribution < -0.4 is 0 Å². The first-order chi connectivity index (χ1) is 9.99. The van der Waals surface area contributed by atoms with Gasteiger partial charge in [0.25, 0.3) is 0 Å². The zero-order valence-electron chi connectivity index (χ0n) is 12.9. The van der Waals surface area contributed by atoms with Gasteiger partial charge in [-0.15, -0.1) is 0 Å². The molecule has 0 radical (unpaired) electrons. The highest BCUT2D eigenvalue weighted by Crippen LogP contribution is 2.19. The maximum atomic E-state index is 12.3. The van der Waals surface area contributed by atoms with Gasteiger partial charge in [0.1, 0.15) is 0 Å². The molecule has 1 heterocycles. The van der Waals surface area contributed by atoms with Crippen molar-refractivity contribution in [1.29, 1.82) is 0 Å². The number of likely N-dealkylation sites (N-methyl/N-ethyl adjacent to an activating group) is 1. The molecule has 0 N–H and O–H groups in total. The van der Waals surface area contributed by atoms with E-state index in [1.165, 1.54) is 9.87 Å². The second-order valence-corrected chi connectivity index (χ2v) is 8.03. The Bertz CT molecular complexity index is 524. The van der Waals surface area contributed by atoms with E-state index >= 15 is 0 Å². The maximum Gasteiger partial charge on any atom is 0.213 e. The minimum absolute atomic E-state index is 0.125. The van der Waals surface area contributed by atoms with E-state index in [0.29, 0.717) is 13.0 Å². The van der Waals surface area contributed by atoms with Crippen LogP contribution in [0.15, 0.2) is 30.3 Å². The topological polar surface area (TPSA) is 46.6 Å². The fourth-order valence-corrected chi connectivity index (χ4v) is 4.02. The molecular formula is C16H25NO3S. The van der Waals surface area contributed by atoms with Gasteiger partial charge in [-0.05, 0) is 30.7 Å². The van der Waals surface area contributed by atoms with E-state index in [-0.39, 0.29) is 17.8 Å². The van der Waals surface area contributed by atoms with E-state index in [0.717, 1.165) is 19.4 Å². The van der Waals surface area contributed by atoms with E-state index in [2.05, 4.69) is 6.92 Å². The lowest BCUT2D eigenvalue weighted by Crippen LogP contribution is -2.33. The number of hydrogen-bond acceptors (Lipinski definition) is 3. The number of sulfonamides is 1. The van der Waals surface area contributed by atoms with Crippen LogP contribution in [0.4, 0.5) is 0 Å². The van der Waals surface area contributed by atoms with Gasteiger partial charge in [0.15, 0.2) is 0 Å². The van der Waals surface area contributed by atoms with Gasteiger partial charge in [0, 0.05) is 20.2 Å². The molecule has 0 bridgehead atoms. The molecule has 1 aliphatic rings. The number of ether oxygens (including phenoxy) is 1. The summed E-state index contributed by atoms with van der Waals surface area (Å²) in [5, 5.41) is 0. The lowest BCUT2D eigenvalue weighted by molar-refractivity contribution is 0.108. The molecule has 4 nitrogen and oxygen atoms in total. The minimum atomic E-state index is -3.20. The van der Waals surface area contributed by atoms with Crippen molar-refractivity contribution >= 4 is 10.0 Å². The molecule has 0 aliphatic carbocycles. The molecule has 1 saturated heterocycles. The predicted molar refractivity (Wildman–Crippen MR) is 84.9 cm³/mol. The normalized spacial score (nSPS) is 20.8. The Kier molecular flexibility index (Phi) is 5.79. The van der Waals surface area contributed by atoms with Crippen molar-refractivity contribution in [3.8, 4) is 0 Å². The summed E-state index contributed by atoms with van der Waals surface area (Å²) in [6, 6.07) is 10.0. The molecule has 0 unspecified atom stereocenters. The third-order valence-electron chi connectivity index (χ3n) is 4.10. The van der Waals surface area contributed by atoms with Crippen molar-refractivity contribution in [2.24, 2.45) is 0 Å². The first-order valence-corrected chi connectivity index (χ1v) is 9.20. The quantitative estimate of drug-likeness (QED) is 0.777. The molecule has 0 saturated carbocycles. The second-order valence-electron chi connectivity index (χ2n) is 5.83. The zero-order chi connectivity index (χ0) is 15.3. The summed E-state index contributed by atoms with van der Waals surface area (Å²) in [7, 11) is -1.53. The monoisotopic (exact) mass is 311 g/mol. The smallest absolute Gasteiger partial charge is 0.213 e. The van der Waals surface area contributed by atoms with Crippen LogP contribution in [0.1, 0.15) is 37.7 Å². The van der Waals surface area contributed by atoms with Gasteiger partial charge < -0.3 is 4.74 Å². The van der Waals surface area contributed by atoms with Crippen LogP contribution in [-0.4, -0.2) is 44.8 Å². The Morgan fingerprint density at radius 3 is 2.67 bits per heavy atom. The van der Waals surface area contributed by atoms with Crippen LogP contribution in [0.5, 0.6) is 0 Å². The van der Waals surface area contributed by atoms with E-state index in [1.54, 1.807) is 7.05 Å². The Morgan fingerprint density at radius 2 is 2.05 bits per heavy atom. The Labute approximate surface area is 128 Å². The highest BCUT2D eigenvalue weighted by atomic mass is 32.2. The fourth-order valence-electron chi connectivity index (χ4n) is 2.69. The lowest BCUT2D eigenvalue weighted by Gasteiger charge is -2.22.